The standard InChI is InChI=1S/C21H22ClFN2/c1-5-25-20-11-19(23)15(10-18(20)14(2)12-21(25,3)4)13-24-17-8-6-16(22)7-9-17/h6-13H,5H2,1-4H3. The quantitative estimate of drug-likeness (QED) is 0.593. The monoisotopic (exact) mass is 356 g/mol. The first kappa shape index (κ1) is 17.7. The van der Waals surface area contributed by atoms with Crippen LogP contribution in [-0.2, 0) is 0 Å². The van der Waals surface area contributed by atoms with Gasteiger partial charge in [-0.15, -0.1) is 0 Å². The molecule has 0 saturated carbocycles. The van der Waals surface area contributed by atoms with Crippen LogP contribution in [0.5, 0.6) is 0 Å². The van der Waals surface area contributed by atoms with Crippen LogP contribution in [0.4, 0.5) is 15.8 Å². The van der Waals surface area contributed by atoms with E-state index >= 15 is 0 Å². The molecule has 3 rings (SSSR count). The first-order valence-electron chi connectivity index (χ1n) is 8.42. The first-order valence-corrected chi connectivity index (χ1v) is 8.80. The maximum atomic E-state index is 14.7. The van der Waals surface area contributed by atoms with Crippen molar-refractivity contribution in [3.8, 4) is 0 Å². The number of fused-ring (bicyclic) bond motifs is 1. The fraction of sp³-hybridized carbons (Fsp3) is 0.286. The predicted octanol–water partition coefficient (Wildman–Crippen LogP) is 6.25. The van der Waals surface area contributed by atoms with Gasteiger partial charge >= 0.3 is 0 Å². The van der Waals surface area contributed by atoms with Gasteiger partial charge in [-0.1, -0.05) is 17.7 Å². The molecule has 1 aliphatic rings. The van der Waals surface area contributed by atoms with Crippen molar-refractivity contribution in [3.05, 3.63) is 64.4 Å². The van der Waals surface area contributed by atoms with Crippen LogP contribution in [0.15, 0.2) is 47.5 Å². The number of aliphatic imine (C=N–C) groups is 1. The molecule has 0 spiro atoms. The van der Waals surface area contributed by atoms with E-state index in [-0.39, 0.29) is 11.4 Å². The number of allylic oxidation sites excluding steroid dienone is 1. The Morgan fingerprint density at radius 3 is 2.52 bits per heavy atom. The van der Waals surface area contributed by atoms with Crippen molar-refractivity contribution in [1.29, 1.82) is 0 Å². The molecule has 0 radical (unpaired) electrons. The third-order valence-electron chi connectivity index (χ3n) is 4.59. The molecular weight excluding hydrogens is 335 g/mol. The molecule has 1 aliphatic heterocycles. The maximum Gasteiger partial charge on any atom is 0.134 e. The summed E-state index contributed by atoms with van der Waals surface area (Å²) in [7, 11) is 0. The molecule has 0 atom stereocenters. The van der Waals surface area contributed by atoms with Crippen molar-refractivity contribution in [1.82, 2.24) is 0 Å². The lowest BCUT2D eigenvalue weighted by molar-refractivity contribution is 0.561. The zero-order chi connectivity index (χ0) is 18.2. The number of nitrogens with zero attached hydrogens (tertiary/aromatic N) is 2. The number of anilines is 1. The highest BCUT2D eigenvalue weighted by molar-refractivity contribution is 6.30. The largest absolute Gasteiger partial charge is 0.363 e. The van der Waals surface area contributed by atoms with E-state index in [1.807, 2.05) is 18.2 Å². The minimum Gasteiger partial charge on any atom is -0.363 e. The van der Waals surface area contributed by atoms with E-state index in [0.29, 0.717) is 10.6 Å². The second-order valence-corrected chi connectivity index (χ2v) is 7.29. The molecule has 0 saturated heterocycles. The van der Waals surface area contributed by atoms with Crippen LogP contribution in [0.25, 0.3) is 5.57 Å². The van der Waals surface area contributed by atoms with E-state index in [2.05, 4.69) is 43.7 Å². The Kier molecular flexibility index (Phi) is 4.70. The molecule has 25 heavy (non-hydrogen) atoms. The van der Waals surface area contributed by atoms with Gasteiger partial charge in [-0.3, -0.25) is 4.99 Å². The van der Waals surface area contributed by atoms with E-state index in [1.165, 1.54) is 0 Å². The average Bonchev–Trinajstić information content (AvgIpc) is 2.54. The summed E-state index contributed by atoms with van der Waals surface area (Å²) < 4.78 is 14.7. The van der Waals surface area contributed by atoms with Crippen molar-refractivity contribution in [2.24, 2.45) is 4.99 Å². The highest BCUT2D eigenvalue weighted by Gasteiger charge is 2.30. The van der Waals surface area contributed by atoms with Gasteiger partial charge in [0.15, 0.2) is 0 Å². The van der Waals surface area contributed by atoms with Crippen LogP contribution in [-0.4, -0.2) is 18.3 Å². The van der Waals surface area contributed by atoms with Gasteiger partial charge in [0, 0.05) is 34.6 Å². The van der Waals surface area contributed by atoms with Crippen molar-refractivity contribution in [3.63, 3.8) is 0 Å². The van der Waals surface area contributed by atoms with Crippen molar-refractivity contribution in [2.75, 3.05) is 11.4 Å². The van der Waals surface area contributed by atoms with Gasteiger partial charge < -0.3 is 4.90 Å². The molecule has 2 nitrogen and oxygen atoms in total. The maximum absolute atomic E-state index is 14.7. The molecule has 0 aliphatic carbocycles. The molecule has 2 aromatic rings. The Morgan fingerprint density at radius 2 is 1.88 bits per heavy atom. The summed E-state index contributed by atoms with van der Waals surface area (Å²) in [6.07, 6.45) is 3.80. The minimum atomic E-state index is -0.264. The van der Waals surface area contributed by atoms with Gasteiger partial charge in [-0.25, -0.2) is 4.39 Å². The lowest BCUT2D eigenvalue weighted by Gasteiger charge is -2.42. The number of likely N-dealkylation sites (N-methyl/N-ethyl adjacent to an activating group) is 1. The summed E-state index contributed by atoms with van der Waals surface area (Å²) in [6, 6.07) is 10.7. The second kappa shape index (κ2) is 6.64. The molecule has 0 N–H and O–H groups in total. The third-order valence-corrected chi connectivity index (χ3v) is 4.84. The third kappa shape index (κ3) is 3.47. The van der Waals surface area contributed by atoms with E-state index in [9.17, 15) is 4.39 Å². The Hall–Kier alpha value is -2.13. The van der Waals surface area contributed by atoms with E-state index in [4.69, 9.17) is 11.6 Å². The van der Waals surface area contributed by atoms with Crippen molar-refractivity contribution in [2.45, 2.75) is 33.2 Å². The van der Waals surface area contributed by atoms with Gasteiger partial charge in [0.2, 0.25) is 0 Å². The summed E-state index contributed by atoms with van der Waals surface area (Å²) in [5.74, 6) is -0.264. The van der Waals surface area contributed by atoms with Crippen LogP contribution in [0, 0.1) is 5.82 Å². The highest BCUT2D eigenvalue weighted by Crippen LogP contribution is 2.39. The molecule has 4 heteroatoms. The Labute approximate surface area is 153 Å². The zero-order valence-electron chi connectivity index (χ0n) is 15.0. The molecule has 0 amide bonds. The molecule has 0 bridgehead atoms. The highest BCUT2D eigenvalue weighted by atomic mass is 35.5. The van der Waals surface area contributed by atoms with Gasteiger partial charge in [-0.05, 0) is 69.7 Å². The van der Waals surface area contributed by atoms with Crippen LogP contribution >= 0.6 is 11.6 Å². The Balaban J connectivity index is 2.02. The van der Waals surface area contributed by atoms with Crippen LogP contribution < -0.4 is 4.90 Å². The number of hydrogen-bond acceptors (Lipinski definition) is 2. The summed E-state index contributed by atoms with van der Waals surface area (Å²) in [4.78, 5) is 6.58. The van der Waals surface area contributed by atoms with Crippen molar-refractivity contribution < 1.29 is 4.39 Å². The van der Waals surface area contributed by atoms with E-state index in [1.54, 1.807) is 24.4 Å². The molecule has 130 valence electrons. The molecule has 0 fully saturated rings. The second-order valence-electron chi connectivity index (χ2n) is 6.85. The fourth-order valence-electron chi connectivity index (χ4n) is 3.46. The normalized spacial score (nSPS) is 16.1. The van der Waals surface area contributed by atoms with Crippen molar-refractivity contribution >= 4 is 34.8 Å². The van der Waals surface area contributed by atoms with Gasteiger partial charge in [0.05, 0.1) is 11.2 Å². The average molecular weight is 357 g/mol. The topological polar surface area (TPSA) is 15.6 Å². The number of benzene rings is 2. The first-order chi connectivity index (χ1) is 11.8. The number of halogens is 2. The lowest BCUT2D eigenvalue weighted by Crippen LogP contribution is -2.45. The summed E-state index contributed by atoms with van der Waals surface area (Å²) in [5, 5.41) is 0.655. The fourth-order valence-corrected chi connectivity index (χ4v) is 3.59. The molecule has 0 aromatic heterocycles. The molecule has 0 unspecified atom stereocenters. The lowest BCUT2D eigenvalue weighted by atomic mass is 9.88. The SMILES string of the molecule is CCN1c2cc(F)c(C=Nc3ccc(Cl)cc3)cc2C(C)=CC1(C)C. The van der Waals surface area contributed by atoms with Crippen LogP contribution in [0.1, 0.15) is 38.8 Å². The number of rotatable bonds is 3. The van der Waals surface area contributed by atoms with Gasteiger partial charge in [0.1, 0.15) is 5.82 Å². The van der Waals surface area contributed by atoms with E-state index < -0.39 is 0 Å². The van der Waals surface area contributed by atoms with Gasteiger partial charge in [-0.2, -0.15) is 0 Å². The molecule has 2 aromatic carbocycles. The number of hydrogen-bond donors (Lipinski definition) is 0. The summed E-state index contributed by atoms with van der Waals surface area (Å²) in [6.45, 7) is 9.29. The summed E-state index contributed by atoms with van der Waals surface area (Å²) >= 11 is 5.88. The zero-order valence-corrected chi connectivity index (χ0v) is 15.7. The molecule has 1 heterocycles. The smallest absolute Gasteiger partial charge is 0.134 e. The van der Waals surface area contributed by atoms with E-state index in [0.717, 1.165) is 29.1 Å². The van der Waals surface area contributed by atoms with Gasteiger partial charge in [0.25, 0.3) is 0 Å². The Bertz CT molecular complexity index is 851. The van der Waals surface area contributed by atoms with Crippen LogP contribution in [0.3, 0.4) is 0 Å². The Morgan fingerprint density at radius 1 is 1.20 bits per heavy atom. The van der Waals surface area contributed by atoms with Crippen LogP contribution in [0.2, 0.25) is 5.02 Å². The minimum absolute atomic E-state index is 0.128. The summed E-state index contributed by atoms with van der Waals surface area (Å²) in [5.41, 5.74) is 4.25. The molecular formula is C21H22ClFN2. The predicted molar refractivity (Wildman–Crippen MR) is 106 cm³/mol.